The molecule has 0 heterocycles. The van der Waals surface area contributed by atoms with Gasteiger partial charge in [0.25, 0.3) is 0 Å². The predicted molar refractivity (Wildman–Crippen MR) is 56.7 cm³/mol. The first kappa shape index (κ1) is 8.31. The van der Waals surface area contributed by atoms with Crippen LogP contribution in [0.3, 0.4) is 0 Å². The van der Waals surface area contributed by atoms with Crippen LogP contribution in [0.5, 0.6) is 0 Å². The maximum atomic E-state index is 2.29. The van der Waals surface area contributed by atoms with E-state index in [2.05, 4.69) is 54.6 Å². The molecule has 66 valence electrons. The van der Waals surface area contributed by atoms with Crippen molar-refractivity contribution in [2.45, 2.75) is 18.8 Å². The molecule has 0 heteroatoms. The Kier molecular flexibility index (Phi) is 2.61. The lowest BCUT2D eigenvalue weighted by Crippen LogP contribution is -1.92. The van der Waals surface area contributed by atoms with Crippen LogP contribution in [0.4, 0.5) is 0 Å². The molecule has 0 N–H and O–H groups in total. The van der Waals surface area contributed by atoms with Gasteiger partial charge in [0.2, 0.25) is 0 Å². The molecule has 0 bridgehead atoms. The van der Waals surface area contributed by atoms with E-state index in [1.807, 2.05) is 0 Å². The fraction of sp³-hybridized carbons (Fsp3) is 0.231. The average molecular weight is 170 g/mol. The van der Waals surface area contributed by atoms with Gasteiger partial charge in [0.15, 0.2) is 0 Å². The summed E-state index contributed by atoms with van der Waals surface area (Å²) in [7, 11) is 0. The van der Waals surface area contributed by atoms with Crippen LogP contribution in [0.15, 0.2) is 54.6 Å². The molecule has 1 unspecified atom stereocenters. The monoisotopic (exact) mass is 170 g/mol. The van der Waals surface area contributed by atoms with E-state index in [-0.39, 0.29) is 0 Å². The summed E-state index contributed by atoms with van der Waals surface area (Å²) in [5.41, 5.74) is 1.43. The minimum atomic E-state index is 0.608. The second kappa shape index (κ2) is 4.08. The Hall–Kier alpha value is -1.30. The Balaban J connectivity index is 2.18. The van der Waals surface area contributed by atoms with Gasteiger partial charge in [-0.1, -0.05) is 54.6 Å². The summed E-state index contributed by atoms with van der Waals surface area (Å²) in [4.78, 5) is 0. The van der Waals surface area contributed by atoms with E-state index in [1.54, 1.807) is 0 Å². The quantitative estimate of drug-likeness (QED) is 0.603. The molecule has 0 saturated heterocycles. The molecule has 1 aromatic rings. The Labute approximate surface area is 79.6 Å². The van der Waals surface area contributed by atoms with Crippen molar-refractivity contribution in [3.05, 3.63) is 60.2 Å². The van der Waals surface area contributed by atoms with Gasteiger partial charge in [0, 0.05) is 5.92 Å². The minimum absolute atomic E-state index is 0.608. The van der Waals surface area contributed by atoms with Crippen molar-refractivity contribution in [3.8, 4) is 0 Å². The number of allylic oxidation sites excluding steroid dienone is 4. The standard InChI is InChI=1S/C13H14/c1-2-5-9-12(8-4-1)13-10-6-3-7-11-13/h1-4,6-8,10-12H,5,9H2. The van der Waals surface area contributed by atoms with Crippen molar-refractivity contribution >= 4 is 0 Å². The summed E-state index contributed by atoms with van der Waals surface area (Å²) in [6.07, 6.45) is 11.2. The lowest BCUT2D eigenvalue weighted by molar-refractivity contribution is 0.756. The van der Waals surface area contributed by atoms with Crippen LogP contribution in [0, 0.1) is 0 Å². The molecule has 1 atom stereocenters. The molecule has 1 aromatic carbocycles. The molecule has 1 aliphatic carbocycles. The van der Waals surface area contributed by atoms with Gasteiger partial charge in [-0.15, -0.1) is 0 Å². The molecule has 0 amide bonds. The molecule has 0 radical (unpaired) electrons. The van der Waals surface area contributed by atoms with Gasteiger partial charge in [0.05, 0.1) is 0 Å². The predicted octanol–water partition coefficient (Wildman–Crippen LogP) is 3.68. The second-order valence-corrected chi connectivity index (χ2v) is 3.41. The minimum Gasteiger partial charge on any atom is -0.0845 e. The van der Waals surface area contributed by atoms with Crippen LogP contribution >= 0.6 is 0 Å². The van der Waals surface area contributed by atoms with Gasteiger partial charge in [-0.05, 0) is 18.4 Å². The van der Waals surface area contributed by atoms with Crippen LogP contribution in [0.25, 0.3) is 0 Å². The fourth-order valence-corrected chi connectivity index (χ4v) is 1.72. The zero-order valence-corrected chi connectivity index (χ0v) is 7.69. The summed E-state index contributed by atoms with van der Waals surface area (Å²) in [5, 5.41) is 0. The zero-order chi connectivity index (χ0) is 8.93. The van der Waals surface area contributed by atoms with E-state index < -0.39 is 0 Å². The van der Waals surface area contributed by atoms with E-state index in [0.29, 0.717) is 5.92 Å². The molecule has 2 rings (SSSR count). The third kappa shape index (κ3) is 2.09. The molecule has 0 fully saturated rings. The summed E-state index contributed by atoms with van der Waals surface area (Å²) >= 11 is 0. The third-order valence-corrected chi connectivity index (χ3v) is 2.46. The van der Waals surface area contributed by atoms with E-state index >= 15 is 0 Å². The average Bonchev–Trinajstić information content (AvgIpc) is 2.47. The lowest BCUT2D eigenvalue weighted by atomic mass is 9.95. The highest BCUT2D eigenvalue weighted by molar-refractivity contribution is 5.26. The lowest BCUT2D eigenvalue weighted by Gasteiger charge is -2.10. The highest BCUT2D eigenvalue weighted by Crippen LogP contribution is 2.24. The van der Waals surface area contributed by atoms with Gasteiger partial charge in [0.1, 0.15) is 0 Å². The molecular formula is C13H14. The first-order valence-corrected chi connectivity index (χ1v) is 4.85. The highest BCUT2D eigenvalue weighted by atomic mass is 14.1. The van der Waals surface area contributed by atoms with E-state index in [9.17, 15) is 0 Å². The molecule has 0 spiro atoms. The third-order valence-electron chi connectivity index (χ3n) is 2.46. The van der Waals surface area contributed by atoms with Crippen molar-refractivity contribution in [3.63, 3.8) is 0 Å². The summed E-state index contributed by atoms with van der Waals surface area (Å²) in [5.74, 6) is 0.608. The van der Waals surface area contributed by atoms with Gasteiger partial charge in [-0.3, -0.25) is 0 Å². The van der Waals surface area contributed by atoms with Crippen molar-refractivity contribution in [1.82, 2.24) is 0 Å². The summed E-state index contributed by atoms with van der Waals surface area (Å²) in [6, 6.07) is 10.7. The van der Waals surface area contributed by atoms with E-state index in [4.69, 9.17) is 0 Å². The largest absolute Gasteiger partial charge is 0.0845 e. The molecule has 0 aromatic heterocycles. The number of hydrogen-bond acceptors (Lipinski definition) is 0. The normalized spacial score (nSPS) is 21.4. The van der Waals surface area contributed by atoms with Crippen LogP contribution < -0.4 is 0 Å². The number of rotatable bonds is 1. The molecular weight excluding hydrogens is 156 g/mol. The maximum Gasteiger partial charge on any atom is 0.00240 e. The molecule has 13 heavy (non-hydrogen) atoms. The van der Waals surface area contributed by atoms with Gasteiger partial charge in [-0.25, -0.2) is 0 Å². The van der Waals surface area contributed by atoms with Gasteiger partial charge >= 0.3 is 0 Å². The molecule has 0 aliphatic heterocycles. The maximum absolute atomic E-state index is 2.29. The molecule has 0 saturated carbocycles. The Morgan fingerprint density at radius 1 is 1.00 bits per heavy atom. The molecule has 1 aliphatic rings. The fourth-order valence-electron chi connectivity index (χ4n) is 1.72. The van der Waals surface area contributed by atoms with Gasteiger partial charge in [-0.2, -0.15) is 0 Å². The van der Waals surface area contributed by atoms with E-state index in [0.717, 1.165) is 0 Å². The number of hydrogen-bond donors (Lipinski definition) is 0. The van der Waals surface area contributed by atoms with Crippen LogP contribution in [-0.2, 0) is 0 Å². The first-order valence-electron chi connectivity index (χ1n) is 4.85. The van der Waals surface area contributed by atoms with Crippen molar-refractivity contribution < 1.29 is 0 Å². The van der Waals surface area contributed by atoms with Crippen molar-refractivity contribution in [2.75, 3.05) is 0 Å². The van der Waals surface area contributed by atoms with Crippen molar-refractivity contribution in [2.24, 2.45) is 0 Å². The number of benzene rings is 1. The first-order chi connectivity index (χ1) is 6.47. The van der Waals surface area contributed by atoms with Crippen LogP contribution in [0.2, 0.25) is 0 Å². The van der Waals surface area contributed by atoms with Crippen LogP contribution in [0.1, 0.15) is 24.3 Å². The summed E-state index contributed by atoms with van der Waals surface area (Å²) < 4.78 is 0. The topological polar surface area (TPSA) is 0 Å². The van der Waals surface area contributed by atoms with E-state index in [1.165, 1.54) is 18.4 Å². The highest BCUT2D eigenvalue weighted by Gasteiger charge is 2.06. The molecule has 0 nitrogen and oxygen atoms in total. The Morgan fingerprint density at radius 2 is 1.85 bits per heavy atom. The van der Waals surface area contributed by atoms with Crippen LogP contribution in [-0.4, -0.2) is 0 Å². The Morgan fingerprint density at radius 3 is 2.69 bits per heavy atom. The van der Waals surface area contributed by atoms with Crippen molar-refractivity contribution in [1.29, 1.82) is 0 Å². The second-order valence-electron chi connectivity index (χ2n) is 3.41. The Bertz CT molecular complexity index is 306. The smallest absolute Gasteiger partial charge is 0.00240 e. The zero-order valence-electron chi connectivity index (χ0n) is 7.69. The van der Waals surface area contributed by atoms with Gasteiger partial charge < -0.3 is 0 Å². The SMILES string of the molecule is C1=CCCC(c2ccccc2)C=C1. The summed E-state index contributed by atoms with van der Waals surface area (Å²) in [6.45, 7) is 0.